The first-order valence-corrected chi connectivity index (χ1v) is 9.67. The first kappa shape index (κ1) is 18.2. The molecule has 1 aliphatic rings. The van der Waals surface area contributed by atoms with Crippen LogP contribution < -0.4 is 10.2 Å². The topological polar surface area (TPSA) is 32.3 Å². The number of amides is 1. The Balaban J connectivity index is 1.49. The Morgan fingerprint density at radius 1 is 1.24 bits per heavy atom. The fraction of sp³-hybridized carbons (Fsp3) is 0.278. The van der Waals surface area contributed by atoms with E-state index in [1.807, 2.05) is 24.3 Å². The van der Waals surface area contributed by atoms with Gasteiger partial charge in [0, 0.05) is 28.5 Å². The zero-order valence-electron chi connectivity index (χ0n) is 13.3. The summed E-state index contributed by atoms with van der Waals surface area (Å²) in [7, 11) is 0. The number of benzene rings is 2. The molecule has 0 saturated carbocycles. The van der Waals surface area contributed by atoms with E-state index in [1.165, 1.54) is 17.8 Å². The summed E-state index contributed by atoms with van der Waals surface area (Å²) in [6, 6.07) is 11.8. The second-order valence-electron chi connectivity index (χ2n) is 5.82. The largest absolute Gasteiger partial charge is 0.368 e. The molecule has 0 spiro atoms. The highest BCUT2D eigenvalue weighted by atomic mass is 79.9. The van der Waals surface area contributed by atoms with E-state index in [-0.39, 0.29) is 17.7 Å². The van der Waals surface area contributed by atoms with Gasteiger partial charge in [0.2, 0.25) is 5.91 Å². The van der Waals surface area contributed by atoms with Gasteiger partial charge in [-0.2, -0.15) is 0 Å². The lowest BCUT2D eigenvalue weighted by Gasteiger charge is -2.20. The second-order valence-corrected chi connectivity index (χ2v) is 7.72. The van der Waals surface area contributed by atoms with Crippen molar-refractivity contribution in [1.82, 2.24) is 5.32 Å². The van der Waals surface area contributed by atoms with Crippen LogP contribution in [0.3, 0.4) is 0 Å². The van der Waals surface area contributed by atoms with Crippen LogP contribution in [0.2, 0.25) is 0 Å². The van der Waals surface area contributed by atoms with Crippen LogP contribution in [-0.2, 0) is 4.79 Å². The van der Waals surface area contributed by atoms with E-state index < -0.39 is 11.6 Å². The number of thioether (sulfide) groups is 1. The molecule has 1 heterocycles. The third-order valence-corrected chi connectivity index (χ3v) is 5.67. The predicted molar refractivity (Wildman–Crippen MR) is 100.0 cm³/mol. The van der Waals surface area contributed by atoms with Crippen molar-refractivity contribution in [3.8, 4) is 0 Å². The van der Waals surface area contributed by atoms with Crippen LogP contribution in [0.15, 0.2) is 51.8 Å². The maximum Gasteiger partial charge on any atom is 0.230 e. The van der Waals surface area contributed by atoms with Gasteiger partial charge >= 0.3 is 0 Å². The lowest BCUT2D eigenvalue weighted by Crippen LogP contribution is -2.38. The fourth-order valence-corrected chi connectivity index (χ4v) is 4.06. The molecule has 1 aliphatic heterocycles. The molecule has 1 N–H and O–H groups in total. The van der Waals surface area contributed by atoms with Crippen LogP contribution in [0.5, 0.6) is 0 Å². The molecule has 1 saturated heterocycles. The maximum absolute atomic E-state index is 13.2. The van der Waals surface area contributed by atoms with Crippen molar-refractivity contribution in [3.63, 3.8) is 0 Å². The zero-order valence-corrected chi connectivity index (χ0v) is 15.7. The van der Waals surface area contributed by atoms with Crippen molar-refractivity contribution in [2.75, 3.05) is 23.7 Å². The molecular formula is C18H17BrF2N2OS. The summed E-state index contributed by atoms with van der Waals surface area (Å²) in [5.74, 6) is -1.71. The number of rotatable bonds is 5. The quantitative estimate of drug-likeness (QED) is 0.726. The van der Waals surface area contributed by atoms with Crippen molar-refractivity contribution >= 4 is 39.3 Å². The van der Waals surface area contributed by atoms with Crippen LogP contribution in [-0.4, -0.2) is 30.8 Å². The van der Waals surface area contributed by atoms with Crippen LogP contribution in [0, 0.1) is 11.6 Å². The van der Waals surface area contributed by atoms with Crippen LogP contribution in [0.1, 0.15) is 6.42 Å². The first-order valence-electron chi connectivity index (χ1n) is 7.89. The predicted octanol–water partition coefficient (Wildman–Crippen LogP) is 4.21. The Bertz CT molecular complexity index is 774. The summed E-state index contributed by atoms with van der Waals surface area (Å²) in [5, 5.41) is 3.01. The number of nitrogens with zero attached hydrogens (tertiary/aromatic N) is 1. The van der Waals surface area contributed by atoms with Crippen molar-refractivity contribution in [2.45, 2.75) is 17.4 Å². The highest BCUT2D eigenvalue weighted by Crippen LogP contribution is 2.28. The molecule has 7 heteroatoms. The smallest absolute Gasteiger partial charge is 0.230 e. The second kappa shape index (κ2) is 8.19. The summed E-state index contributed by atoms with van der Waals surface area (Å²) in [5.41, 5.74) is 1.12. The lowest BCUT2D eigenvalue weighted by molar-refractivity contribution is -0.119. The molecule has 1 atom stereocenters. The molecule has 3 nitrogen and oxygen atoms in total. The molecule has 0 aliphatic carbocycles. The number of carbonyl (C=O) groups excluding carboxylic acids is 1. The van der Waals surface area contributed by atoms with E-state index >= 15 is 0 Å². The standard InChI is InChI=1S/C18H17BrF2N2OS/c19-14-3-1-2-4-17(14)23-8-7-12(10-23)22-18(24)11-25-13-5-6-15(20)16(21)9-13/h1-6,9,12H,7-8,10-11H2,(H,22,24). The summed E-state index contributed by atoms with van der Waals surface area (Å²) < 4.78 is 27.1. The van der Waals surface area contributed by atoms with Crippen LogP contribution in [0.4, 0.5) is 14.5 Å². The van der Waals surface area contributed by atoms with Gasteiger partial charge in [0.15, 0.2) is 11.6 Å². The summed E-state index contributed by atoms with van der Waals surface area (Å²) >= 11 is 4.74. The molecule has 1 unspecified atom stereocenters. The molecule has 0 aromatic heterocycles. The summed E-state index contributed by atoms with van der Waals surface area (Å²) in [4.78, 5) is 14.9. The molecule has 2 aromatic carbocycles. The van der Waals surface area contributed by atoms with E-state index in [0.29, 0.717) is 4.90 Å². The molecule has 3 rings (SSSR count). The van der Waals surface area contributed by atoms with Gasteiger partial charge in [-0.05, 0) is 52.7 Å². The van der Waals surface area contributed by atoms with E-state index in [2.05, 4.69) is 26.1 Å². The average Bonchev–Trinajstić information content (AvgIpc) is 3.04. The Hall–Kier alpha value is -1.60. The monoisotopic (exact) mass is 426 g/mol. The minimum Gasteiger partial charge on any atom is -0.368 e. The molecule has 0 bridgehead atoms. The van der Waals surface area contributed by atoms with Gasteiger partial charge in [0.05, 0.1) is 11.4 Å². The molecule has 25 heavy (non-hydrogen) atoms. The van der Waals surface area contributed by atoms with E-state index in [9.17, 15) is 13.6 Å². The van der Waals surface area contributed by atoms with Crippen LogP contribution in [0.25, 0.3) is 0 Å². The van der Waals surface area contributed by atoms with Gasteiger partial charge in [0.25, 0.3) is 0 Å². The summed E-state index contributed by atoms with van der Waals surface area (Å²) in [6.45, 7) is 1.63. The molecule has 132 valence electrons. The Kier molecular flexibility index (Phi) is 5.96. The number of carbonyl (C=O) groups is 1. The normalized spacial score (nSPS) is 16.9. The third kappa shape index (κ3) is 4.73. The Morgan fingerprint density at radius 3 is 2.80 bits per heavy atom. The molecule has 0 radical (unpaired) electrons. The average molecular weight is 427 g/mol. The lowest BCUT2D eigenvalue weighted by atomic mass is 10.2. The van der Waals surface area contributed by atoms with Crippen molar-refractivity contribution in [1.29, 1.82) is 0 Å². The molecule has 1 fully saturated rings. The van der Waals surface area contributed by atoms with Gasteiger partial charge in [-0.3, -0.25) is 4.79 Å². The van der Waals surface area contributed by atoms with Gasteiger partial charge in [-0.15, -0.1) is 11.8 Å². The summed E-state index contributed by atoms with van der Waals surface area (Å²) in [6.07, 6.45) is 0.878. The highest BCUT2D eigenvalue weighted by Gasteiger charge is 2.25. The van der Waals surface area contributed by atoms with Gasteiger partial charge in [-0.1, -0.05) is 12.1 Å². The number of nitrogens with one attached hydrogen (secondary N) is 1. The maximum atomic E-state index is 13.2. The van der Waals surface area contributed by atoms with Crippen molar-refractivity contribution in [2.24, 2.45) is 0 Å². The first-order chi connectivity index (χ1) is 12.0. The number of anilines is 1. The Morgan fingerprint density at radius 2 is 2.04 bits per heavy atom. The molecular weight excluding hydrogens is 410 g/mol. The van der Waals surface area contributed by atoms with Gasteiger partial charge in [-0.25, -0.2) is 8.78 Å². The van der Waals surface area contributed by atoms with Gasteiger partial charge < -0.3 is 10.2 Å². The SMILES string of the molecule is O=C(CSc1ccc(F)c(F)c1)NC1CCN(c2ccccc2Br)C1. The van der Waals surface area contributed by atoms with Crippen molar-refractivity contribution in [3.05, 3.63) is 58.6 Å². The molecule has 2 aromatic rings. The third-order valence-electron chi connectivity index (χ3n) is 4.01. The Labute approximate surface area is 157 Å². The fourth-order valence-electron chi connectivity index (χ4n) is 2.79. The van der Waals surface area contributed by atoms with Crippen molar-refractivity contribution < 1.29 is 13.6 Å². The van der Waals surface area contributed by atoms with E-state index in [4.69, 9.17) is 0 Å². The zero-order chi connectivity index (χ0) is 17.8. The highest BCUT2D eigenvalue weighted by molar-refractivity contribution is 9.10. The number of hydrogen-bond donors (Lipinski definition) is 1. The number of hydrogen-bond acceptors (Lipinski definition) is 3. The number of halogens is 3. The van der Waals surface area contributed by atoms with Gasteiger partial charge in [0.1, 0.15) is 0 Å². The van der Waals surface area contributed by atoms with E-state index in [0.717, 1.165) is 41.8 Å². The van der Waals surface area contributed by atoms with E-state index in [1.54, 1.807) is 0 Å². The number of para-hydroxylation sites is 1. The van der Waals surface area contributed by atoms with Crippen LogP contribution >= 0.6 is 27.7 Å². The minimum absolute atomic E-state index is 0.0881. The minimum atomic E-state index is -0.898. The molecule has 1 amide bonds.